The number of carbonyl (C=O) groups is 2. The number of amides is 2. The summed E-state index contributed by atoms with van der Waals surface area (Å²) in [6, 6.07) is 0.0789. The molecule has 1 saturated carbocycles. The molecule has 2 fully saturated rings. The third kappa shape index (κ3) is 2.82. The van der Waals surface area contributed by atoms with Gasteiger partial charge < -0.3 is 14.4 Å². The molecule has 3 aliphatic rings. The second kappa shape index (κ2) is 6.57. The SMILES string of the molecule is O=C1CCCN1CC(=O)N1CCCn2ccnc2C1C1CCCC1. The lowest BCUT2D eigenvalue weighted by Crippen LogP contribution is -2.44. The van der Waals surface area contributed by atoms with Crippen molar-refractivity contribution in [3.05, 3.63) is 18.2 Å². The Bertz CT molecular complexity index is 620. The van der Waals surface area contributed by atoms with Gasteiger partial charge in [-0.3, -0.25) is 9.59 Å². The Morgan fingerprint density at radius 2 is 1.96 bits per heavy atom. The first kappa shape index (κ1) is 15.7. The molecule has 0 spiro atoms. The molecule has 0 aromatic carbocycles. The van der Waals surface area contributed by atoms with E-state index in [2.05, 4.69) is 9.55 Å². The molecule has 6 nitrogen and oxygen atoms in total. The van der Waals surface area contributed by atoms with Gasteiger partial charge in [0.2, 0.25) is 11.8 Å². The molecule has 6 heteroatoms. The van der Waals surface area contributed by atoms with Crippen LogP contribution in [0.2, 0.25) is 0 Å². The molecule has 0 N–H and O–H groups in total. The van der Waals surface area contributed by atoms with Crippen molar-refractivity contribution in [2.24, 2.45) is 5.92 Å². The summed E-state index contributed by atoms with van der Waals surface area (Å²) >= 11 is 0. The molecule has 1 aromatic heterocycles. The van der Waals surface area contributed by atoms with Gasteiger partial charge in [0.05, 0.1) is 12.6 Å². The molecule has 1 atom stereocenters. The van der Waals surface area contributed by atoms with Gasteiger partial charge >= 0.3 is 0 Å². The molecule has 0 radical (unpaired) electrons. The molecule has 1 aliphatic carbocycles. The molecular weight excluding hydrogens is 304 g/mol. The first-order chi connectivity index (χ1) is 11.7. The average molecular weight is 330 g/mol. The fraction of sp³-hybridized carbons (Fsp3) is 0.722. The number of aryl methyl sites for hydroxylation is 1. The zero-order valence-corrected chi connectivity index (χ0v) is 14.2. The molecule has 4 rings (SSSR count). The minimum atomic E-state index is 0.0789. The van der Waals surface area contributed by atoms with Gasteiger partial charge in [0.25, 0.3) is 0 Å². The van der Waals surface area contributed by atoms with Crippen LogP contribution in [0.1, 0.15) is 56.8 Å². The van der Waals surface area contributed by atoms with Crippen molar-refractivity contribution in [1.29, 1.82) is 0 Å². The zero-order chi connectivity index (χ0) is 16.5. The number of imidazole rings is 1. The molecule has 1 aromatic rings. The Kier molecular flexibility index (Phi) is 4.29. The van der Waals surface area contributed by atoms with E-state index in [4.69, 9.17) is 0 Å². The summed E-state index contributed by atoms with van der Waals surface area (Å²) in [5.74, 6) is 1.76. The van der Waals surface area contributed by atoms with E-state index in [1.807, 2.05) is 17.3 Å². The number of nitrogens with zero attached hydrogens (tertiary/aromatic N) is 4. The Morgan fingerprint density at radius 3 is 2.71 bits per heavy atom. The highest BCUT2D eigenvalue weighted by Gasteiger charge is 2.38. The lowest BCUT2D eigenvalue weighted by molar-refractivity contribution is -0.141. The van der Waals surface area contributed by atoms with Crippen LogP contribution in [-0.4, -0.2) is 50.8 Å². The summed E-state index contributed by atoms with van der Waals surface area (Å²) in [4.78, 5) is 33.3. The standard InChI is InChI=1S/C18H26N4O2/c23-15-7-3-9-21(15)13-16(24)22-11-4-10-20-12-8-19-18(20)17(22)14-5-1-2-6-14/h8,12,14,17H,1-7,9-11,13H2. The molecule has 2 aliphatic heterocycles. The summed E-state index contributed by atoms with van der Waals surface area (Å²) < 4.78 is 2.22. The first-order valence-corrected chi connectivity index (χ1v) is 9.32. The van der Waals surface area contributed by atoms with Gasteiger partial charge in [0, 0.05) is 38.4 Å². The monoisotopic (exact) mass is 330 g/mol. The summed E-state index contributed by atoms with van der Waals surface area (Å²) in [5, 5.41) is 0. The van der Waals surface area contributed by atoms with Crippen LogP contribution < -0.4 is 0 Å². The molecule has 1 unspecified atom stereocenters. The molecule has 24 heavy (non-hydrogen) atoms. The Hall–Kier alpha value is -1.85. The molecule has 2 amide bonds. The van der Waals surface area contributed by atoms with E-state index in [1.54, 1.807) is 4.90 Å². The van der Waals surface area contributed by atoms with E-state index in [-0.39, 0.29) is 24.4 Å². The highest BCUT2D eigenvalue weighted by molar-refractivity contribution is 5.86. The van der Waals surface area contributed by atoms with Crippen molar-refractivity contribution in [3.63, 3.8) is 0 Å². The van der Waals surface area contributed by atoms with Crippen LogP contribution in [0.3, 0.4) is 0 Å². The average Bonchev–Trinajstić information content (AvgIpc) is 3.30. The van der Waals surface area contributed by atoms with E-state index in [0.29, 0.717) is 12.3 Å². The summed E-state index contributed by atoms with van der Waals surface area (Å²) in [6.45, 7) is 2.65. The van der Waals surface area contributed by atoms with Crippen molar-refractivity contribution < 1.29 is 9.59 Å². The molecule has 1 saturated heterocycles. The molecule has 130 valence electrons. The van der Waals surface area contributed by atoms with Crippen molar-refractivity contribution in [2.75, 3.05) is 19.6 Å². The van der Waals surface area contributed by atoms with Crippen molar-refractivity contribution in [3.8, 4) is 0 Å². The number of aromatic nitrogens is 2. The third-order valence-corrected chi connectivity index (χ3v) is 5.81. The zero-order valence-electron chi connectivity index (χ0n) is 14.2. The van der Waals surface area contributed by atoms with E-state index in [0.717, 1.165) is 38.3 Å². The smallest absolute Gasteiger partial charge is 0.242 e. The second-order valence-electron chi connectivity index (χ2n) is 7.33. The maximum absolute atomic E-state index is 13.0. The molecular formula is C18H26N4O2. The van der Waals surface area contributed by atoms with E-state index in [9.17, 15) is 9.59 Å². The Morgan fingerprint density at radius 1 is 1.12 bits per heavy atom. The van der Waals surface area contributed by atoms with Crippen molar-refractivity contribution >= 4 is 11.8 Å². The normalized spacial score (nSPS) is 25.2. The highest BCUT2D eigenvalue weighted by atomic mass is 16.2. The Balaban J connectivity index is 1.59. The Labute approximate surface area is 142 Å². The summed E-state index contributed by atoms with van der Waals surface area (Å²) in [5.41, 5.74) is 0. The van der Waals surface area contributed by atoms with Gasteiger partial charge in [0.1, 0.15) is 5.82 Å². The van der Waals surface area contributed by atoms with Gasteiger partial charge in [-0.25, -0.2) is 4.98 Å². The van der Waals surface area contributed by atoms with Crippen LogP contribution in [-0.2, 0) is 16.1 Å². The maximum Gasteiger partial charge on any atom is 0.242 e. The number of rotatable bonds is 3. The summed E-state index contributed by atoms with van der Waals surface area (Å²) in [7, 11) is 0. The fourth-order valence-electron chi connectivity index (χ4n) is 4.61. The van der Waals surface area contributed by atoms with Crippen LogP contribution in [0.15, 0.2) is 12.4 Å². The van der Waals surface area contributed by atoms with Gasteiger partial charge in [-0.05, 0) is 31.6 Å². The highest BCUT2D eigenvalue weighted by Crippen LogP contribution is 2.40. The lowest BCUT2D eigenvalue weighted by Gasteiger charge is -2.34. The largest absolute Gasteiger partial charge is 0.333 e. The predicted molar refractivity (Wildman–Crippen MR) is 89.1 cm³/mol. The molecule has 3 heterocycles. The van der Waals surface area contributed by atoms with Crippen molar-refractivity contribution in [1.82, 2.24) is 19.4 Å². The van der Waals surface area contributed by atoms with Crippen molar-refractivity contribution in [2.45, 2.75) is 57.5 Å². The quantitative estimate of drug-likeness (QED) is 0.851. The number of likely N-dealkylation sites (tertiary alicyclic amines) is 1. The van der Waals surface area contributed by atoms with Crippen LogP contribution in [0, 0.1) is 5.92 Å². The van der Waals surface area contributed by atoms with Crippen LogP contribution >= 0.6 is 0 Å². The number of hydrogen-bond acceptors (Lipinski definition) is 3. The minimum absolute atomic E-state index is 0.0789. The number of hydrogen-bond donors (Lipinski definition) is 0. The van der Waals surface area contributed by atoms with Crippen LogP contribution in [0.5, 0.6) is 0 Å². The maximum atomic E-state index is 13.0. The first-order valence-electron chi connectivity index (χ1n) is 9.32. The van der Waals surface area contributed by atoms with Gasteiger partial charge in [-0.15, -0.1) is 0 Å². The fourth-order valence-corrected chi connectivity index (χ4v) is 4.61. The van der Waals surface area contributed by atoms with E-state index < -0.39 is 0 Å². The topological polar surface area (TPSA) is 58.4 Å². The van der Waals surface area contributed by atoms with Crippen LogP contribution in [0.25, 0.3) is 0 Å². The minimum Gasteiger partial charge on any atom is -0.333 e. The number of fused-ring (bicyclic) bond motifs is 1. The van der Waals surface area contributed by atoms with Gasteiger partial charge in [0.15, 0.2) is 0 Å². The van der Waals surface area contributed by atoms with E-state index in [1.165, 1.54) is 25.7 Å². The molecule has 0 bridgehead atoms. The lowest BCUT2D eigenvalue weighted by atomic mass is 9.95. The predicted octanol–water partition coefficient (Wildman–Crippen LogP) is 1.97. The van der Waals surface area contributed by atoms with Crippen LogP contribution in [0.4, 0.5) is 0 Å². The third-order valence-electron chi connectivity index (χ3n) is 5.81. The number of carbonyl (C=O) groups excluding carboxylic acids is 2. The van der Waals surface area contributed by atoms with E-state index >= 15 is 0 Å². The van der Waals surface area contributed by atoms with Gasteiger partial charge in [-0.2, -0.15) is 0 Å². The second-order valence-corrected chi connectivity index (χ2v) is 7.33. The van der Waals surface area contributed by atoms with Gasteiger partial charge in [-0.1, -0.05) is 12.8 Å². The summed E-state index contributed by atoms with van der Waals surface area (Å²) in [6.07, 6.45) is 11.1.